The predicted molar refractivity (Wildman–Crippen MR) is 154 cm³/mol. The van der Waals surface area contributed by atoms with Crippen molar-refractivity contribution >= 4 is 63.8 Å². The number of rotatable bonds is 5. The van der Waals surface area contributed by atoms with Gasteiger partial charge in [-0.1, -0.05) is 65.0 Å². The van der Waals surface area contributed by atoms with Gasteiger partial charge in [0.05, 0.1) is 16.6 Å². The highest BCUT2D eigenvalue weighted by Crippen LogP contribution is 2.53. The molecule has 1 saturated heterocycles. The lowest BCUT2D eigenvalue weighted by atomic mass is 9.83. The Kier molecular flexibility index (Phi) is 6.85. The van der Waals surface area contributed by atoms with Crippen molar-refractivity contribution in [2.45, 2.75) is 29.7 Å². The van der Waals surface area contributed by atoms with Crippen molar-refractivity contribution in [3.05, 3.63) is 109 Å². The smallest absolute Gasteiger partial charge is 0.308 e. The summed E-state index contributed by atoms with van der Waals surface area (Å²) in [6.07, 6.45) is 0. The number of halogens is 2. The second-order valence-electron chi connectivity index (χ2n) is 9.57. The van der Waals surface area contributed by atoms with Crippen LogP contribution in [-0.4, -0.2) is 27.5 Å². The van der Waals surface area contributed by atoms with E-state index in [2.05, 4.69) is 5.32 Å². The number of aromatic nitrogens is 1. The maximum Gasteiger partial charge on any atom is 0.308 e. The van der Waals surface area contributed by atoms with Gasteiger partial charge >= 0.3 is 4.87 Å². The lowest BCUT2D eigenvalue weighted by Gasteiger charge is -2.30. The van der Waals surface area contributed by atoms with Gasteiger partial charge < -0.3 is 5.32 Å². The average Bonchev–Trinajstić information content (AvgIpc) is 3.37. The van der Waals surface area contributed by atoms with E-state index in [1.165, 1.54) is 16.7 Å². The number of fused-ring (bicyclic) bond motifs is 2. The molecule has 0 radical (unpaired) electrons. The van der Waals surface area contributed by atoms with E-state index in [0.717, 1.165) is 33.6 Å². The van der Waals surface area contributed by atoms with E-state index in [4.69, 9.17) is 11.6 Å². The first kappa shape index (κ1) is 26.5. The van der Waals surface area contributed by atoms with Gasteiger partial charge in [0, 0.05) is 21.5 Å². The Morgan fingerprint density at radius 1 is 0.975 bits per heavy atom. The molecule has 3 amide bonds. The van der Waals surface area contributed by atoms with E-state index in [9.17, 15) is 23.6 Å². The van der Waals surface area contributed by atoms with E-state index in [1.807, 2.05) is 19.1 Å². The Morgan fingerprint density at radius 3 is 2.38 bits per heavy atom. The summed E-state index contributed by atoms with van der Waals surface area (Å²) in [7, 11) is 0. The van der Waals surface area contributed by atoms with Crippen molar-refractivity contribution in [3.8, 4) is 0 Å². The molecule has 1 fully saturated rings. The van der Waals surface area contributed by atoms with Crippen molar-refractivity contribution in [2.24, 2.45) is 5.92 Å². The Labute approximate surface area is 241 Å². The summed E-state index contributed by atoms with van der Waals surface area (Å²) in [6, 6.07) is 19.4. The zero-order chi connectivity index (χ0) is 28.1. The molecular weight excluding hydrogens is 573 g/mol. The number of anilines is 2. The highest BCUT2D eigenvalue weighted by molar-refractivity contribution is 8.00. The summed E-state index contributed by atoms with van der Waals surface area (Å²) < 4.78 is 15.2. The SMILES string of the molecule is Cc1ccccc1NC(=O)Cn1c2c(sc1=O)C(c1ccc(F)cc1)C1C(=O)N(c3ccc(Cl)cc3)C(=O)C1S2. The van der Waals surface area contributed by atoms with Gasteiger partial charge in [0.2, 0.25) is 17.7 Å². The van der Waals surface area contributed by atoms with E-state index >= 15 is 0 Å². The third-order valence-corrected chi connectivity index (χ3v) is 9.94. The molecule has 1 N–H and O–H groups in total. The zero-order valence-electron chi connectivity index (χ0n) is 21.0. The fourth-order valence-electron chi connectivity index (χ4n) is 5.18. The number of amides is 3. The molecule has 3 aromatic carbocycles. The average molecular weight is 594 g/mol. The summed E-state index contributed by atoms with van der Waals surface area (Å²) in [4.78, 5) is 55.2. The van der Waals surface area contributed by atoms with E-state index in [-0.39, 0.29) is 11.4 Å². The van der Waals surface area contributed by atoms with Crippen molar-refractivity contribution < 1.29 is 18.8 Å². The fraction of sp³-hybridized carbons (Fsp3) is 0.172. The van der Waals surface area contributed by atoms with Gasteiger partial charge in [-0.25, -0.2) is 9.29 Å². The maximum absolute atomic E-state index is 13.9. The molecule has 7 nitrogen and oxygen atoms in total. The minimum Gasteiger partial charge on any atom is -0.324 e. The maximum atomic E-state index is 13.9. The highest BCUT2D eigenvalue weighted by atomic mass is 35.5. The Hall–Kier alpha value is -3.73. The molecule has 2 aliphatic rings. The second kappa shape index (κ2) is 10.3. The normalized spacial score (nSPS) is 19.9. The van der Waals surface area contributed by atoms with Crippen LogP contribution in [0.1, 0.15) is 21.9 Å². The molecule has 4 aromatic rings. The summed E-state index contributed by atoms with van der Waals surface area (Å²) in [5.74, 6) is -3.16. The molecule has 3 atom stereocenters. The predicted octanol–water partition coefficient (Wildman–Crippen LogP) is 5.45. The van der Waals surface area contributed by atoms with Crippen LogP contribution in [0, 0.1) is 18.7 Å². The summed E-state index contributed by atoms with van der Waals surface area (Å²) >= 11 is 8.08. The third-order valence-electron chi connectivity index (χ3n) is 7.08. The lowest BCUT2D eigenvalue weighted by Crippen LogP contribution is -2.33. The minimum atomic E-state index is -0.842. The first-order chi connectivity index (χ1) is 19.2. The van der Waals surface area contributed by atoms with Crippen LogP contribution in [0.5, 0.6) is 0 Å². The van der Waals surface area contributed by atoms with E-state index in [1.54, 1.807) is 48.5 Å². The Bertz CT molecular complexity index is 1720. The number of hydrogen-bond donors (Lipinski definition) is 1. The van der Waals surface area contributed by atoms with Crippen LogP contribution >= 0.6 is 34.7 Å². The van der Waals surface area contributed by atoms with Gasteiger partial charge in [0.15, 0.2) is 0 Å². The van der Waals surface area contributed by atoms with Crippen LogP contribution in [0.25, 0.3) is 0 Å². The molecule has 0 bridgehead atoms. The van der Waals surface area contributed by atoms with Crippen LogP contribution in [0.2, 0.25) is 5.02 Å². The van der Waals surface area contributed by atoms with Crippen LogP contribution in [0.3, 0.4) is 0 Å². The Balaban J connectivity index is 1.41. The van der Waals surface area contributed by atoms with Crippen LogP contribution in [0.15, 0.2) is 82.6 Å². The van der Waals surface area contributed by atoms with Gasteiger partial charge in [0.1, 0.15) is 17.6 Å². The molecule has 40 heavy (non-hydrogen) atoms. The Morgan fingerprint density at radius 2 is 1.68 bits per heavy atom. The van der Waals surface area contributed by atoms with Crippen molar-refractivity contribution in [2.75, 3.05) is 10.2 Å². The summed E-state index contributed by atoms with van der Waals surface area (Å²) in [5.41, 5.74) is 2.51. The van der Waals surface area contributed by atoms with Crippen LogP contribution < -0.4 is 15.1 Å². The third kappa shape index (κ3) is 4.55. The topological polar surface area (TPSA) is 88.5 Å². The number of benzene rings is 3. The standard InChI is InChI=1S/C29H21ClFN3O4S2/c1-15-4-2-3-5-20(15)32-21(35)14-33-28-25(40-29(33)38)22(16-6-10-18(31)11-7-16)23-24(39-28)27(37)34(26(23)36)19-12-8-17(30)9-13-19/h2-13,22-24H,14H2,1H3,(H,32,35). The fourth-order valence-corrected chi connectivity index (χ4v) is 8.07. The number of thiazole rings is 1. The first-order valence-corrected chi connectivity index (χ1v) is 14.4. The van der Waals surface area contributed by atoms with Gasteiger partial charge in [-0.2, -0.15) is 0 Å². The number of para-hydroxylation sites is 1. The van der Waals surface area contributed by atoms with Gasteiger partial charge in [-0.05, 0) is 60.5 Å². The summed E-state index contributed by atoms with van der Waals surface area (Å²) in [5, 5.41) is 2.93. The van der Waals surface area contributed by atoms with Gasteiger partial charge in [-0.15, -0.1) is 0 Å². The first-order valence-electron chi connectivity index (χ1n) is 12.4. The van der Waals surface area contributed by atoms with Gasteiger partial charge in [0.25, 0.3) is 0 Å². The number of nitrogens with one attached hydrogen (secondary N) is 1. The van der Waals surface area contributed by atoms with Crippen molar-refractivity contribution in [1.82, 2.24) is 4.57 Å². The molecule has 0 spiro atoms. The van der Waals surface area contributed by atoms with Crippen molar-refractivity contribution in [1.29, 1.82) is 0 Å². The monoisotopic (exact) mass is 593 g/mol. The number of nitrogens with zero attached hydrogens (tertiary/aromatic N) is 2. The molecule has 3 heterocycles. The molecule has 0 saturated carbocycles. The molecular formula is C29H21ClFN3O4S2. The molecule has 0 aliphatic carbocycles. The molecule has 6 rings (SSSR count). The van der Waals surface area contributed by atoms with Crippen molar-refractivity contribution in [3.63, 3.8) is 0 Å². The second-order valence-corrected chi connectivity index (χ2v) is 12.1. The summed E-state index contributed by atoms with van der Waals surface area (Å²) in [6.45, 7) is 1.61. The number of hydrogen-bond acceptors (Lipinski definition) is 6. The minimum absolute atomic E-state index is 0.261. The number of imide groups is 1. The molecule has 2 aliphatic heterocycles. The highest BCUT2D eigenvalue weighted by Gasteiger charge is 2.56. The molecule has 11 heteroatoms. The zero-order valence-corrected chi connectivity index (χ0v) is 23.4. The number of aryl methyl sites for hydroxylation is 1. The molecule has 1 aromatic heterocycles. The lowest BCUT2D eigenvalue weighted by molar-refractivity contribution is -0.122. The van der Waals surface area contributed by atoms with Crippen LogP contribution in [0.4, 0.5) is 15.8 Å². The number of thioether (sulfide) groups is 1. The quantitative estimate of drug-likeness (QED) is 0.311. The molecule has 202 valence electrons. The van der Waals surface area contributed by atoms with E-state index < -0.39 is 40.6 Å². The molecule has 3 unspecified atom stereocenters. The number of carbonyl (C=O) groups is 3. The van der Waals surface area contributed by atoms with Crippen LogP contribution in [-0.2, 0) is 20.9 Å². The van der Waals surface area contributed by atoms with Gasteiger partial charge in [-0.3, -0.25) is 23.7 Å². The number of carbonyl (C=O) groups excluding carboxylic acids is 3. The largest absolute Gasteiger partial charge is 0.324 e. The van der Waals surface area contributed by atoms with E-state index in [0.29, 0.717) is 31.9 Å².